The number of para-hydroxylation sites is 1. The maximum atomic E-state index is 14.0. The van der Waals surface area contributed by atoms with Crippen molar-refractivity contribution in [3.8, 4) is 0 Å². The molecule has 0 radical (unpaired) electrons. The van der Waals surface area contributed by atoms with E-state index >= 15 is 0 Å². The van der Waals surface area contributed by atoms with Crippen molar-refractivity contribution in [2.75, 3.05) is 42.9 Å². The van der Waals surface area contributed by atoms with Crippen LogP contribution in [0.4, 0.5) is 16.0 Å². The predicted molar refractivity (Wildman–Crippen MR) is 140 cm³/mol. The summed E-state index contributed by atoms with van der Waals surface area (Å²) in [5.41, 5.74) is 0.973. The Labute approximate surface area is 205 Å². The molecule has 3 N–H and O–H groups in total. The molecule has 1 aliphatic heterocycles. The minimum atomic E-state index is -0.280. The van der Waals surface area contributed by atoms with Gasteiger partial charge in [0.15, 0.2) is 17.6 Å². The molecule has 0 amide bonds. The summed E-state index contributed by atoms with van der Waals surface area (Å²) in [7, 11) is 0. The first-order valence-corrected chi connectivity index (χ1v) is 10.7. The third-order valence-corrected chi connectivity index (χ3v) is 5.20. The molecule has 4 rings (SSSR count). The predicted octanol–water partition coefficient (Wildman–Crippen LogP) is 3.63. The molecule has 0 bridgehead atoms. The van der Waals surface area contributed by atoms with Gasteiger partial charge in [-0.2, -0.15) is 0 Å². The summed E-state index contributed by atoms with van der Waals surface area (Å²) in [6.45, 7) is 5.56. The maximum absolute atomic E-state index is 14.0. The quantitative estimate of drug-likeness (QED) is 0.181. The van der Waals surface area contributed by atoms with E-state index in [9.17, 15) is 4.39 Å². The molecule has 32 heavy (non-hydrogen) atoms. The van der Waals surface area contributed by atoms with Crippen LogP contribution < -0.4 is 20.9 Å². The average molecular weight is 549 g/mol. The summed E-state index contributed by atoms with van der Waals surface area (Å²) in [6.07, 6.45) is 2.53. The second-order valence-corrected chi connectivity index (χ2v) is 7.46. The third kappa shape index (κ3) is 6.18. The van der Waals surface area contributed by atoms with Crippen LogP contribution in [0.25, 0.3) is 10.9 Å². The molecule has 1 unspecified atom stereocenters. The molecular formula is C23H29FIN7. The molecule has 1 aromatic carbocycles. The number of nitrogens with one attached hydrogen (secondary N) is 3. The highest BCUT2D eigenvalue weighted by Crippen LogP contribution is 2.20. The number of fused-ring (bicyclic) bond motifs is 1. The molecule has 1 aliphatic rings. The van der Waals surface area contributed by atoms with Crippen LogP contribution in [0.5, 0.6) is 0 Å². The first kappa shape index (κ1) is 24.0. The molecule has 2 aromatic heterocycles. The van der Waals surface area contributed by atoms with Crippen LogP contribution in [0, 0.1) is 5.82 Å². The van der Waals surface area contributed by atoms with E-state index in [0.717, 1.165) is 42.2 Å². The van der Waals surface area contributed by atoms with Gasteiger partial charge in [0.05, 0.1) is 12.1 Å². The zero-order chi connectivity index (χ0) is 21.5. The van der Waals surface area contributed by atoms with Gasteiger partial charge >= 0.3 is 0 Å². The number of hydrogen-bond donors (Lipinski definition) is 3. The Morgan fingerprint density at radius 1 is 1.19 bits per heavy atom. The fraction of sp³-hybridized carbons (Fsp3) is 0.348. The van der Waals surface area contributed by atoms with E-state index in [1.165, 1.54) is 6.07 Å². The molecule has 1 saturated heterocycles. The molecule has 170 valence electrons. The summed E-state index contributed by atoms with van der Waals surface area (Å²) >= 11 is 0. The summed E-state index contributed by atoms with van der Waals surface area (Å²) < 4.78 is 14.0. The van der Waals surface area contributed by atoms with Gasteiger partial charge in [0, 0.05) is 43.8 Å². The van der Waals surface area contributed by atoms with Crippen molar-refractivity contribution in [2.45, 2.75) is 19.4 Å². The van der Waals surface area contributed by atoms with Crippen molar-refractivity contribution >= 4 is 52.5 Å². The number of aromatic nitrogens is 2. The van der Waals surface area contributed by atoms with Crippen LogP contribution in [-0.2, 0) is 0 Å². The van der Waals surface area contributed by atoms with Crippen molar-refractivity contribution in [3.63, 3.8) is 0 Å². The number of halogens is 2. The summed E-state index contributed by atoms with van der Waals surface area (Å²) in [5, 5.41) is 11.2. The number of pyridine rings is 2. The first-order valence-electron chi connectivity index (χ1n) is 10.7. The van der Waals surface area contributed by atoms with Gasteiger partial charge in [0.2, 0.25) is 0 Å². The Morgan fingerprint density at radius 3 is 2.91 bits per heavy atom. The Bertz CT molecular complexity index is 1050. The molecule has 9 heteroatoms. The fourth-order valence-corrected chi connectivity index (χ4v) is 3.71. The molecule has 7 nitrogen and oxygen atoms in total. The fourth-order valence-electron chi connectivity index (χ4n) is 3.71. The Kier molecular flexibility index (Phi) is 8.83. The summed E-state index contributed by atoms with van der Waals surface area (Å²) in [5.74, 6) is 1.75. The van der Waals surface area contributed by atoms with E-state index in [2.05, 4.69) is 43.0 Å². The van der Waals surface area contributed by atoms with Crippen molar-refractivity contribution in [2.24, 2.45) is 4.99 Å². The molecular weight excluding hydrogens is 520 g/mol. The van der Waals surface area contributed by atoms with Gasteiger partial charge in [0.1, 0.15) is 5.82 Å². The normalized spacial score (nSPS) is 16.0. The van der Waals surface area contributed by atoms with E-state index in [4.69, 9.17) is 0 Å². The second-order valence-electron chi connectivity index (χ2n) is 7.46. The Hall–Kier alpha value is -2.69. The molecule has 3 heterocycles. The van der Waals surface area contributed by atoms with Crippen LogP contribution in [0.2, 0.25) is 0 Å². The number of guanidine groups is 1. The van der Waals surface area contributed by atoms with Gasteiger partial charge in [-0.3, -0.25) is 4.99 Å². The van der Waals surface area contributed by atoms with Crippen LogP contribution in [0.15, 0.2) is 59.7 Å². The molecule has 0 spiro atoms. The third-order valence-electron chi connectivity index (χ3n) is 5.20. The number of nitrogens with zero attached hydrogens (tertiary/aromatic N) is 4. The van der Waals surface area contributed by atoms with E-state index in [1.807, 2.05) is 36.1 Å². The van der Waals surface area contributed by atoms with Gasteiger partial charge in [-0.1, -0.05) is 18.2 Å². The number of rotatable bonds is 7. The molecule has 3 aromatic rings. The SMILES string of the molecule is CCNC(=NCCNc1ccc2ccccc2n1)NC1CCN(c2ncccc2F)C1.I. The second kappa shape index (κ2) is 11.8. The smallest absolute Gasteiger partial charge is 0.191 e. The number of anilines is 2. The zero-order valence-electron chi connectivity index (χ0n) is 18.1. The summed E-state index contributed by atoms with van der Waals surface area (Å²) in [4.78, 5) is 15.4. The summed E-state index contributed by atoms with van der Waals surface area (Å²) in [6, 6.07) is 15.4. The van der Waals surface area contributed by atoms with E-state index in [0.29, 0.717) is 25.5 Å². The van der Waals surface area contributed by atoms with Gasteiger partial charge in [-0.05, 0) is 43.7 Å². The van der Waals surface area contributed by atoms with Crippen LogP contribution in [0.3, 0.4) is 0 Å². The average Bonchev–Trinajstić information content (AvgIpc) is 3.25. The zero-order valence-corrected chi connectivity index (χ0v) is 20.4. The Balaban J connectivity index is 0.00000289. The highest BCUT2D eigenvalue weighted by Gasteiger charge is 2.25. The lowest BCUT2D eigenvalue weighted by Gasteiger charge is -2.20. The number of benzene rings is 1. The lowest BCUT2D eigenvalue weighted by molar-refractivity contribution is 0.612. The van der Waals surface area contributed by atoms with Crippen molar-refractivity contribution in [1.82, 2.24) is 20.6 Å². The molecule has 1 fully saturated rings. The van der Waals surface area contributed by atoms with Gasteiger partial charge in [0.25, 0.3) is 0 Å². The first-order chi connectivity index (χ1) is 15.2. The van der Waals surface area contributed by atoms with Crippen LogP contribution in [-0.4, -0.2) is 54.7 Å². The molecule has 0 saturated carbocycles. The Morgan fingerprint density at radius 2 is 2.06 bits per heavy atom. The number of hydrogen-bond acceptors (Lipinski definition) is 5. The van der Waals surface area contributed by atoms with Crippen molar-refractivity contribution < 1.29 is 4.39 Å². The molecule has 1 atom stereocenters. The largest absolute Gasteiger partial charge is 0.368 e. The van der Waals surface area contributed by atoms with Crippen molar-refractivity contribution in [1.29, 1.82) is 0 Å². The lowest BCUT2D eigenvalue weighted by Crippen LogP contribution is -2.45. The monoisotopic (exact) mass is 549 g/mol. The maximum Gasteiger partial charge on any atom is 0.191 e. The number of aliphatic imine (C=N–C) groups is 1. The highest BCUT2D eigenvalue weighted by molar-refractivity contribution is 14.0. The molecule has 0 aliphatic carbocycles. The standard InChI is InChI=1S/C23H28FN7.HI/c1-2-25-23(29-18-11-15-31(16-18)22-19(24)7-5-12-27-22)28-14-13-26-21-10-9-17-6-3-4-8-20(17)30-21;/h3-10,12,18H,2,11,13-16H2,1H3,(H,26,30)(H2,25,28,29);1H. The minimum absolute atomic E-state index is 0. The van der Waals surface area contributed by atoms with Gasteiger partial charge in [-0.25, -0.2) is 14.4 Å². The topological polar surface area (TPSA) is 77.5 Å². The van der Waals surface area contributed by atoms with Crippen LogP contribution in [0.1, 0.15) is 13.3 Å². The minimum Gasteiger partial charge on any atom is -0.368 e. The van der Waals surface area contributed by atoms with Crippen LogP contribution >= 0.6 is 24.0 Å². The van der Waals surface area contributed by atoms with E-state index < -0.39 is 0 Å². The van der Waals surface area contributed by atoms with Crippen molar-refractivity contribution in [3.05, 3.63) is 60.5 Å². The lowest BCUT2D eigenvalue weighted by atomic mass is 10.2. The highest BCUT2D eigenvalue weighted by atomic mass is 127. The van der Waals surface area contributed by atoms with Gasteiger partial charge in [-0.15, -0.1) is 24.0 Å². The van der Waals surface area contributed by atoms with E-state index in [-0.39, 0.29) is 35.8 Å². The van der Waals surface area contributed by atoms with E-state index in [1.54, 1.807) is 12.3 Å². The van der Waals surface area contributed by atoms with Gasteiger partial charge < -0.3 is 20.9 Å².